The first-order valence-corrected chi connectivity index (χ1v) is 10.7. The normalized spacial score (nSPS) is 18.1. The van der Waals surface area contributed by atoms with Crippen molar-refractivity contribution in [2.45, 2.75) is 26.3 Å². The molecule has 0 unspecified atom stereocenters. The van der Waals surface area contributed by atoms with Crippen molar-refractivity contribution in [3.8, 4) is 5.75 Å². The van der Waals surface area contributed by atoms with Crippen molar-refractivity contribution < 1.29 is 24.3 Å². The molecule has 1 fully saturated rings. The summed E-state index contributed by atoms with van der Waals surface area (Å²) in [6.07, 6.45) is 2.38. The molecule has 0 radical (unpaired) electrons. The van der Waals surface area contributed by atoms with Gasteiger partial charge in [-0.1, -0.05) is 18.2 Å². The van der Waals surface area contributed by atoms with Crippen molar-refractivity contribution in [2.24, 2.45) is 0 Å². The molecule has 2 heterocycles. The molecule has 7 nitrogen and oxygen atoms in total. The van der Waals surface area contributed by atoms with Crippen molar-refractivity contribution >= 4 is 17.4 Å². The van der Waals surface area contributed by atoms with Gasteiger partial charge in [-0.25, -0.2) is 0 Å². The monoisotopic (exact) mass is 424 g/mol. The van der Waals surface area contributed by atoms with Crippen LogP contribution in [0.3, 0.4) is 0 Å². The van der Waals surface area contributed by atoms with E-state index in [2.05, 4.69) is 18.8 Å². The average molecular weight is 425 g/mol. The number of ketones is 1. The SMILES string of the molecule is CC[NH+](CC)CCCN1C(=O)C(=O)C(=C(O)c2cccc(OC)c2)[C@H]1c1ccccn1. The van der Waals surface area contributed by atoms with Crippen LogP contribution in [0.1, 0.15) is 37.6 Å². The Morgan fingerprint density at radius 3 is 2.58 bits per heavy atom. The average Bonchev–Trinajstić information content (AvgIpc) is 3.07. The molecule has 0 saturated carbocycles. The van der Waals surface area contributed by atoms with Crippen LogP contribution in [0.2, 0.25) is 0 Å². The highest BCUT2D eigenvalue weighted by molar-refractivity contribution is 6.46. The maximum absolute atomic E-state index is 13.0. The third-order valence-corrected chi connectivity index (χ3v) is 5.78. The summed E-state index contributed by atoms with van der Waals surface area (Å²) in [6.45, 7) is 7.61. The van der Waals surface area contributed by atoms with E-state index in [9.17, 15) is 14.7 Å². The molecular weight excluding hydrogens is 394 g/mol. The summed E-state index contributed by atoms with van der Waals surface area (Å²) in [7, 11) is 1.53. The fourth-order valence-corrected chi connectivity index (χ4v) is 3.98. The highest BCUT2D eigenvalue weighted by Gasteiger charge is 2.46. The first-order chi connectivity index (χ1) is 15.0. The van der Waals surface area contributed by atoms with Crippen molar-refractivity contribution in [1.29, 1.82) is 0 Å². The van der Waals surface area contributed by atoms with E-state index in [1.807, 2.05) is 6.07 Å². The number of Topliss-reactive ketones (excluding diaryl/α,β-unsaturated/α-hetero) is 1. The van der Waals surface area contributed by atoms with Crippen LogP contribution in [0.5, 0.6) is 5.75 Å². The molecule has 7 heteroatoms. The lowest BCUT2D eigenvalue weighted by Crippen LogP contribution is -3.11. The van der Waals surface area contributed by atoms with Crippen LogP contribution in [-0.2, 0) is 9.59 Å². The number of nitrogens with zero attached hydrogens (tertiary/aromatic N) is 2. The number of quaternary nitrogens is 1. The lowest BCUT2D eigenvalue weighted by molar-refractivity contribution is -0.896. The molecule has 0 aliphatic carbocycles. The summed E-state index contributed by atoms with van der Waals surface area (Å²) in [5.74, 6) is -0.958. The molecule has 1 saturated heterocycles. The topological polar surface area (TPSA) is 84.2 Å². The second-order valence-corrected chi connectivity index (χ2v) is 7.54. The maximum atomic E-state index is 13.0. The second kappa shape index (κ2) is 10.2. The van der Waals surface area contributed by atoms with Crippen molar-refractivity contribution in [2.75, 3.05) is 33.3 Å². The number of nitrogens with one attached hydrogen (secondary N) is 1. The zero-order valence-electron chi connectivity index (χ0n) is 18.3. The summed E-state index contributed by atoms with van der Waals surface area (Å²) in [5, 5.41) is 11.1. The lowest BCUT2D eigenvalue weighted by Gasteiger charge is -2.25. The number of carbonyl (C=O) groups excluding carboxylic acids is 2. The number of pyridine rings is 1. The van der Waals surface area contributed by atoms with Gasteiger partial charge in [0.2, 0.25) is 0 Å². The minimum Gasteiger partial charge on any atom is -0.507 e. The first-order valence-electron chi connectivity index (χ1n) is 10.7. The number of aliphatic hydroxyl groups excluding tert-OH is 1. The van der Waals surface area contributed by atoms with Gasteiger partial charge in [0.15, 0.2) is 0 Å². The van der Waals surface area contributed by atoms with Gasteiger partial charge in [-0.05, 0) is 38.1 Å². The van der Waals surface area contributed by atoms with Crippen LogP contribution in [0.15, 0.2) is 54.2 Å². The van der Waals surface area contributed by atoms with Gasteiger partial charge in [0.1, 0.15) is 17.6 Å². The van der Waals surface area contributed by atoms with E-state index >= 15 is 0 Å². The van der Waals surface area contributed by atoms with Gasteiger partial charge in [0, 0.05) is 24.7 Å². The van der Waals surface area contributed by atoms with Gasteiger partial charge in [-0.15, -0.1) is 0 Å². The smallest absolute Gasteiger partial charge is 0.295 e. The number of hydrogen-bond donors (Lipinski definition) is 2. The van der Waals surface area contributed by atoms with Crippen molar-refractivity contribution in [3.05, 3.63) is 65.5 Å². The van der Waals surface area contributed by atoms with E-state index in [1.54, 1.807) is 47.5 Å². The van der Waals surface area contributed by atoms with Crippen LogP contribution < -0.4 is 9.64 Å². The van der Waals surface area contributed by atoms with Crippen molar-refractivity contribution in [1.82, 2.24) is 9.88 Å². The maximum Gasteiger partial charge on any atom is 0.295 e. The Morgan fingerprint density at radius 2 is 1.94 bits per heavy atom. The fraction of sp³-hybridized carbons (Fsp3) is 0.375. The van der Waals surface area contributed by atoms with Crippen molar-refractivity contribution in [3.63, 3.8) is 0 Å². The second-order valence-electron chi connectivity index (χ2n) is 7.54. The molecular formula is C24H30N3O4+. The van der Waals surface area contributed by atoms with Crippen LogP contribution in [0, 0.1) is 0 Å². The Balaban J connectivity index is 2.01. The lowest BCUT2D eigenvalue weighted by atomic mass is 9.98. The van der Waals surface area contributed by atoms with E-state index in [1.165, 1.54) is 12.0 Å². The number of hydrogen-bond acceptors (Lipinski definition) is 5. The number of aliphatic hydroxyl groups is 1. The standard InChI is InChI=1S/C24H29N3O4/c1-4-26(5-2)14-9-15-27-21(19-12-6-7-13-25-19)20(23(29)24(27)30)22(28)17-10-8-11-18(16-17)31-3/h6-8,10-13,16,21,28H,4-5,9,14-15H2,1-3H3/p+1/t21-/m1/s1. The Bertz CT molecular complexity index is 954. The van der Waals surface area contributed by atoms with E-state index < -0.39 is 17.7 Å². The summed E-state index contributed by atoms with van der Waals surface area (Å²) in [4.78, 5) is 33.3. The highest BCUT2D eigenvalue weighted by Crippen LogP contribution is 2.38. The Morgan fingerprint density at radius 1 is 1.16 bits per heavy atom. The predicted molar refractivity (Wildman–Crippen MR) is 118 cm³/mol. The summed E-state index contributed by atoms with van der Waals surface area (Å²) < 4.78 is 5.23. The number of rotatable bonds is 9. The summed E-state index contributed by atoms with van der Waals surface area (Å²) in [5.41, 5.74) is 1.04. The number of ether oxygens (including phenoxy) is 1. The van der Waals surface area contributed by atoms with Gasteiger partial charge >= 0.3 is 0 Å². The van der Waals surface area contributed by atoms with E-state index in [-0.39, 0.29) is 11.3 Å². The largest absolute Gasteiger partial charge is 0.507 e. The Labute approximate surface area is 183 Å². The van der Waals surface area contributed by atoms with Gasteiger partial charge in [-0.3, -0.25) is 14.6 Å². The van der Waals surface area contributed by atoms with E-state index in [4.69, 9.17) is 4.74 Å². The number of benzene rings is 1. The molecule has 2 aromatic rings. The molecule has 164 valence electrons. The number of carbonyl (C=O) groups is 2. The molecule has 1 aliphatic heterocycles. The highest BCUT2D eigenvalue weighted by atomic mass is 16.5. The number of aromatic nitrogens is 1. The molecule has 1 aliphatic rings. The van der Waals surface area contributed by atoms with Gasteiger partial charge < -0.3 is 19.6 Å². The molecule has 1 amide bonds. The third-order valence-electron chi connectivity index (χ3n) is 5.78. The molecule has 1 atom stereocenters. The Hall–Kier alpha value is -3.19. The molecule has 3 rings (SSSR count). The minimum atomic E-state index is -0.723. The Kier molecular flexibility index (Phi) is 7.41. The predicted octanol–water partition coefficient (Wildman–Crippen LogP) is 1.83. The molecule has 2 N–H and O–H groups in total. The molecule has 0 bridgehead atoms. The summed E-state index contributed by atoms with van der Waals surface area (Å²) >= 11 is 0. The number of methoxy groups -OCH3 is 1. The zero-order valence-corrected chi connectivity index (χ0v) is 18.3. The molecule has 31 heavy (non-hydrogen) atoms. The first kappa shape index (κ1) is 22.5. The van der Waals surface area contributed by atoms with Crippen LogP contribution >= 0.6 is 0 Å². The molecule has 0 spiro atoms. The summed E-state index contributed by atoms with van der Waals surface area (Å²) in [6, 6.07) is 11.5. The quantitative estimate of drug-likeness (QED) is 0.365. The minimum absolute atomic E-state index is 0.0622. The van der Waals surface area contributed by atoms with Gasteiger partial charge in [-0.2, -0.15) is 0 Å². The van der Waals surface area contributed by atoms with Gasteiger partial charge in [0.25, 0.3) is 11.7 Å². The van der Waals surface area contributed by atoms with E-state index in [0.29, 0.717) is 23.6 Å². The van der Waals surface area contributed by atoms with Crippen LogP contribution in [0.4, 0.5) is 0 Å². The molecule has 1 aromatic heterocycles. The molecule has 1 aromatic carbocycles. The van der Waals surface area contributed by atoms with Crippen LogP contribution in [0.25, 0.3) is 5.76 Å². The third kappa shape index (κ3) is 4.77. The number of likely N-dealkylation sites (tertiary alicyclic amines) is 1. The zero-order chi connectivity index (χ0) is 22.4. The number of amides is 1. The fourth-order valence-electron chi connectivity index (χ4n) is 3.98. The van der Waals surface area contributed by atoms with E-state index in [0.717, 1.165) is 26.1 Å². The van der Waals surface area contributed by atoms with Crippen LogP contribution in [-0.4, -0.2) is 60.0 Å². The van der Waals surface area contributed by atoms with Gasteiger partial charge in [0.05, 0.1) is 38.0 Å².